The van der Waals surface area contributed by atoms with Gasteiger partial charge in [0.1, 0.15) is 5.82 Å². The largest absolute Gasteiger partial charge is 0.451 e. The minimum absolute atomic E-state index is 0.0333. The zero-order chi connectivity index (χ0) is 24.0. The summed E-state index contributed by atoms with van der Waals surface area (Å²) in [5.74, 6) is -1.73. The van der Waals surface area contributed by atoms with Gasteiger partial charge in [-0.2, -0.15) is 4.39 Å². The fourth-order valence-electron chi connectivity index (χ4n) is 3.73. The van der Waals surface area contributed by atoms with Crippen molar-refractivity contribution in [1.82, 2.24) is 15.1 Å². The first-order valence-corrected chi connectivity index (χ1v) is 10.5. The van der Waals surface area contributed by atoms with E-state index in [-0.39, 0.29) is 24.9 Å². The Hall–Kier alpha value is -2.88. The molecule has 2 unspecified atom stereocenters. The third-order valence-electron chi connectivity index (χ3n) is 5.42. The van der Waals surface area contributed by atoms with Crippen LogP contribution in [0.5, 0.6) is 5.75 Å². The number of likely N-dealkylation sites (tertiary alicyclic amines) is 1. The number of nitrogens with zero attached hydrogens (tertiary/aromatic N) is 2. The first-order valence-electron chi connectivity index (χ1n) is 10.5. The minimum Gasteiger partial charge on any atom is -0.451 e. The summed E-state index contributed by atoms with van der Waals surface area (Å²) in [6.07, 6.45) is -5.38. The molecule has 5 nitrogen and oxygen atoms in total. The molecule has 0 saturated carbocycles. The van der Waals surface area contributed by atoms with E-state index >= 15 is 0 Å². The zero-order valence-corrected chi connectivity index (χ0v) is 18.1. The number of hydrogen-bond acceptors (Lipinski definition) is 3. The van der Waals surface area contributed by atoms with Gasteiger partial charge < -0.3 is 19.9 Å². The Kier molecular flexibility index (Phi) is 8.49. The number of urea groups is 1. The Morgan fingerprint density at radius 1 is 1.15 bits per heavy atom. The summed E-state index contributed by atoms with van der Waals surface area (Å²) in [5.41, 5.74) is 1.12. The molecule has 2 atom stereocenters. The topological polar surface area (TPSA) is 44.8 Å². The normalized spacial score (nSPS) is 17.2. The number of carbonyl (C=O) groups excluding carboxylic acids is 1. The van der Waals surface area contributed by atoms with Crippen LogP contribution < -0.4 is 10.1 Å². The number of rotatable bonds is 9. The van der Waals surface area contributed by atoms with Crippen LogP contribution in [-0.4, -0.2) is 55.3 Å². The van der Waals surface area contributed by atoms with Gasteiger partial charge in [0.05, 0.1) is 0 Å². The van der Waals surface area contributed by atoms with Gasteiger partial charge in [-0.1, -0.05) is 18.2 Å². The Balaban J connectivity index is 1.63. The van der Waals surface area contributed by atoms with Crippen molar-refractivity contribution in [3.05, 3.63) is 65.2 Å². The van der Waals surface area contributed by atoms with Crippen LogP contribution in [0.15, 0.2) is 42.5 Å². The number of alkyl halides is 3. The van der Waals surface area contributed by atoms with Gasteiger partial charge in [-0.3, -0.25) is 0 Å². The molecule has 0 radical (unpaired) electrons. The first-order chi connectivity index (χ1) is 15.7. The average Bonchev–Trinajstić information content (AvgIpc) is 3.19. The van der Waals surface area contributed by atoms with Gasteiger partial charge in [0.2, 0.25) is 0 Å². The number of ether oxygens (including phenoxy) is 1. The predicted octanol–water partition coefficient (Wildman–Crippen LogP) is 4.57. The predicted molar refractivity (Wildman–Crippen MR) is 113 cm³/mol. The number of amides is 2. The van der Waals surface area contributed by atoms with Crippen molar-refractivity contribution in [2.75, 3.05) is 26.7 Å². The van der Waals surface area contributed by atoms with E-state index in [0.29, 0.717) is 18.0 Å². The van der Waals surface area contributed by atoms with Crippen molar-refractivity contribution in [2.24, 2.45) is 5.92 Å². The van der Waals surface area contributed by atoms with Gasteiger partial charge in [0.25, 0.3) is 6.36 Å². The number of carbonyl (C=O) groups is 1. The van der Waals surface area contributed by atoms with Crippen molar-refractivity contribution < 1.29 is 31.5 Å². The van der Waals surface area contributed by atoms with Crippen molar-refractivity contribution in [1.29, 1.82) is 0 Å². The van der Waals surface area contributed by atoms with Crippen LogP contribution in [0.4, 0.5) is 26.7 Å². The van der Waals surface area contributed by atoms with Gasteiger partial charge in [0, 0.05) is 26.2 Å². The molecule has 2 aromatic rings. The first kappa shape index (κ1) is 24.8. The van der Waals surface area contributed by atoms with E-state index in [1.807, 2.05) is 7.05 Å². The summed E-state index contributed by atoms with van der Waals surface area (Å²) < 4.78 is 69.1. The van der Waals surface area contributed by atoms with E-state index in [9.17, 15) is 26.7 Å². The van der Waals surface area contributed by atoms with Gasteiger partial charge >= 0.3 is 12.5 Å². The summed E-state index contributed by atoms with van der Waals surface area (Å²) >= 11 is 0. The minimum atomic E-state index is -3.39. The molecule has 1 aliphatic rings. The van der Waals surface area contributed by atoms with Gasteiger partial charge in [-0.05, 0) is 61.3 Å². The maximum absolute atomic E-state index is 14.1. The molecule has 33 heavy (non-hydrogen) atoms. The third-order valence-corrected chi connectivity index (χ3v) is 5.42. The molecule has 10 heteroatoms. The summed E-state index contributed by atoms with van der Waals surface area (Å²) in [7, 11) is 2.01. The molecule has 2 amide bonds. The fraction of sp³-hybridized carbons (Fsp3) is 0.435. The van der Waals surface area contributed by atoms with Crippen LogP contribution in [0.2, 0.25) is 0 Å². The van der Waals surface area contributed by atoms with E-state index in [0.717, 1.165) is 37.2 Å². The highest BCUT2D eigenvalue weighted by molar-refractivity contribution is 5.74. The van der Waals surface area contributed by atoms with Gasteiger partial charge in [-0.15, -0.1) is 0 Å². The lowest BCUT2D eigenvalue weighted by Gasteiger charge is -2.26. The monoisotopic (exact) mass is 471 g/mol. The van der Waals surface area contributed by atoms with Crippen molar-refractivity contribution >= 4 is 6.03 Å². The Bertz CT molecular complexity index is 929. The highest BCUT2D eigenvalue weighted by Crippen LogP contribution is 2.22. The molecule has 3 rings (SSSR count). The molecule has 180 valence electrons. The summed E-state index contributed by atoms with van der Waals surface area (Å²) in [6.45, 7) is 2.54. The second kappa shape index (κ2) is 11.3. The highest BCUT2D eigenvalue weighted by Gasteiger charge is 2.25. The number of hydrogen-bond donors (Lipinski definition) is 1. The maximum Gasteiger partial charge on any atom is 0.317 e. The maximum atomic E-state index is 14.1. The molecule has 1 heterocycles. The van der Waals surface area contributed by atoms with Crippen molar-refractivity contribution in [2.45, 2.75) is 32.3 Å². The standard InChI is InChI=1S/C23H26F5N3O2/c1-30-9-8-17(12-30)14-31(13-15-2-5-18(24)6-3-15)23(32)29-11-16-4-7-20(19(25)10-16)33-22(28)21(26)27/h2-7,10,17,21-22H,8-9,11-14H2,1H3,(H,29,32). The fourth-order valence-corrected chi connectivity index (χ4v) is 3.73. The highest BCUT2D eigenvalue weighted by atomic mass is 19.3. The average molecular weight is 471 g/mol. The Morgan fingerprint density at radius 3 is 2.45 bits per heavy atom. The van der Waals surface area contributed by atoms with Crippen LogP contribution >= 0.6 is 0 Å². The molecular formula is C23H26F5N3O2. The molecule has 1 saturated heterocycles. The molecule has 1 fully saturated rings. The van der Waals surface area contributed by atoms with E-state index in [1.165, 1.54) is 18.2 Å². The quantitative estimate of drug-likeness (QED) is 0.545. The molecule has 2 aromatic carbocycles. The third kappa shape index (κ3) is 7.31. The molecule has 0 bridgehead atoms. The Morgan fingerprint density at radius 2 is 1.85 bits per heavy atom. The van der Waals surface area contributed by atoms with Crippen molar-refractivity contribution in [3.8, 4) is 5.75 Å². The number of nitrogens with one attached hydrogen (secondary N) is 1. The van der Waals surface area contributed by atoms with Crippen molar-refractivity contribution in [3.63, 3.8) is 0 Å². The molecule has 0 aliphatic carbocycles. The van der Waals surface area contributed by atoms with E-state index < -0.39 is 24.3 Å². The van der Waals surface area contributed by atoms with E-state index in [4.69, 9.17) is 0 Å². The summed E-state index contributed by atoms with van der Waals surface area (Å²) in [4.78, 5) is 16.7. The number of halogens is 5. The van der Waals surface area contributed by atoms with Gasteiger partial charge in [0.15, 0.2) is 11.6 Å². The second-order valence-corrected chi connectivity index (χ2v) is 8.15. The molecule has 1 aliphatic heterocycles. The summed E-state index contributed by atoms with van der Waals surface area (Å²) in [6, 6.07) is 8.89. The lowest BCUT2D eigenvalue weighted by Crippen LogP contribution is -2.42. The molecule has 0 aromatic heterocycles. The Labute approximate surface area is 189 Å². The van der Waals surface area contributed by atoms with Crippen LogP contribution in [0.3, 0.4) is 0 Å². The van der Waals surface area contributed by atoms with Crippen LogP contribution in [0, 0.1) is 17.6 Å². The van der Waals surface area contributed by atoms with Gasteiger partial charge in [-0.25, -0.2) is 22.4 Å². The summed E-state index contributed by atoms with van der Waals surface area (Å²) in [5, 5.41) is 2.72. The lowest BCUT2D eigenvalue weighted by atomic mass is 10.1. The van der Waals surface area contributed by atoms with Crippen LogP contribution in [0.1, 0.15) is 17.5 Å². The number of benzene rings is 2. The van der Waals surface area contributed by atoms with Crippen LogP contribution in [-0.2, 0) is 13.1 Å². The van der Waals surface area contributed by atoms with Crippen LogP contribution in [0.25, 0.3) is 0 Å². The molecular weight excluding hydrogens is 445 g/mol. The second-order valence-electron chi connectivity index (χ2n) is 8.15. The molecule has 0 spiro atoms. The van der Waals surface area contributed by atoms with E-state index in [2.05, 4.69) is 15.0 Å². The zero-order valence-electron chi connectivity index (χ0n) is 18.1. The molecule has 1 N–H and O–H groups in total. The smallest absolute Gasteiger partial charge is 0.317 e. The lowest BCUT2D eigenvalue weighted by molar-refractivity contribution is -0.0684. The van der Waals surface area contributed by atoms with E-state index in [1.54, 1.807) is 17.0 Å². The SMILES string of the molecule is CN1CCC(CN(Cc2ccc(F)cc2)C(=O)NCc2ccc(OC(F)C(F)F)c(F)c2)C1.